The van der Waals surface area contributed by atoms with Crippen LogP contribution in [-0.4, -0.2) is 18.9 Å². The first-order valence-electron chi connectivity index (χ1n) is 9.74. The number of rotatable bonds is 6. The van der Waals surface area contributed by atoms with E-state index in [-0.39, 0.29) is 17.2 Å². The molecule has 9 heteroatoms. The lowest BCUT2D eigenvalue weighted by molar-refractivity contribution is -0.117. The van der Waals surface area contributed by atoms with Gasteiger partial charge in [0.05, 0.1) is 27.9 Å². The van der Waals surface area contributed by atoms with Crippen LogP contribution in [-0.2, 0) is 16.2 Å². The number of amides is 2. The van der Waals surface area contributed by atoms with Gasteiger partial charge in [0.25, 0.3) is 11.8 Å². The van der Waals surface area contributed by atoms with Crippen LogP contribution >= 0.6 is 34.8 Å². The summed E-state index contributed by atoms with van der Waals surface area (Å²) in [5.41, 5.74) is 4.39. The minimum atomic E-state index is -0.515. The van der Waals surface area contributed by atoms with E-state index in [1.165, 1.54) is 18.2 Å². The van der Waals surface area contributed by atoms with E-state index in [4.69, 9.17) is 44.3 Å². The third-order valence-electron chi connectivity index (χ3n) is 4.84. The molecular formula is C24H17Cl3N2O4. The first-order valence-corrected chi connectivity index (χ1v) is 10.9. The topological polar surface area (TPSA) is 67.9 Å². The monoisotopic (exact) mass is 502 g/mol. The van der Waals surface area contributed by atoms with Crippen LogP contribution in [0.2, 0.25) is 15.1 Å². The summed E-state index contributed by atoms with van der Waals surface area (Å²) in [6.07, 6.45) is 1.46. The van der Waals surface area contributed by atoms with Gasteiger partial charge in [-0.05, 0) is 53.6 Å². The number of carbonyl (C=O) groups is 2. The predicted molar refractivity (Wildman–Crippen MR) is 129 cm³/mol. The number of hydrogen-bond acceptors (Lipinski definition) is 4. The molecule has 168 valence electrons. The summed E-state index contributed by atoms with van der Waals surface area (Å²) in [5, 5.41) is 2.32. The normalized spacial score (nSPS) is 14.5. The lowest BCUT2D eigenvalue weighted by atomic mass is 10.1. The quantitative estimate of drug-likeness (QED) is 0.346. The number of carbonyl (C=O) groups excluding carboxylic acids is 2. The third-order valence-corrected chi connectivity index (χ3v) is 5.86. The number of hydrogen-bond donors (Lipinski definition) is 1. The van der Waals surface area contributed by atoms with Crippen molar-refractivity contribution >= 4 is 58.4 Å². The van der Waals surface area contributed by atoms with Crippen LogP contribution < -0.4 is 19.9 Å². The van der Waals surface area contributed by atoms with Crippen molar-refractivity contribution in [1.29, 1.82) is 0 Å². The molecule has 3 aromatic carbocycles. The van der Waals surface area contributed by atoms with Gasteiger partial charge in [-0.25, -0.2) is 5.01 Å². The van der Waals surface area contributed by atoms with Crippen molar-refractivity contribution in [1.82, 2.24) is 5.43 Å². The molecule has 6 nitrogen and oxygen atoms in total. The zero-order chi connectivity index (χ0) is 23.5. The molecule has 0 spiro atoms. The fraction of sp³-hybridized carbons (Fsp3) is 0.0833. The Labute approximate surface area is 205 Å². The fourth-order valence-electron chi connectivity index (χ4n) is 3.23. The van der Waals surface area contributed by atoms with E-state index in [1.807, 2.05) is 6.07 Å². The van der Waals surface area contributed by atoms with Gasteiger partial charge in [-0.3, -0.25) is 15.0 Å². The first kappa shape index (κ1) is 23.0. The van der Waals surface area contributed by atoms with Gasteiger partial charge in [-0.1, -0.05) is 59.1 Å². The second-order valence-electron chi connectivity index (χ2n) is 7.05. The lowest BCUT2D eigenvalue weighted by Crippen LogP contribution is -2.35. The average Bonchev–Trinajstić information content (AvgIpc) is 3.09. The number of para-hydroxylation sites is 1. The maximum absolute atomic E-state index is 12.8. The number of anilines is 1. The van der Waals surface area contributed by atoms with E-state index in [0.29, 0.717) is 32.8 Å². The number of benzene rings is 3. The zero-order valence-electron chi connectivity index (χ0n) is 17.3. The molecule has 0 radical (unpaired) electrons. The van der Waals surface area contributed by atoms with Gasteiger partial charge in [0.1, 0.15) is 12.2 Å². The number of methoxy groups -OCH3 is 1. The molecule has 4 rings (SSSR count). The molecule has 1 aliphatic rings. The Morgan fingerprint density at radius 2 is 1.70 bits per heavy atom. The second kappa shape index (κ2) is 9.75. The van der Waals surface area contributed by atoms with E-state index in [1.54, 1.807) is 54.6 Å². The molecule has 0 aliphatic carbocycles. The SMILES string of the molecule is COc1cc(/C=C2/C(=O)NN(c3ccccc3)C2=O)cc(Cl)c1OCc1ccc(Cl)c(Cl)c1. The van der Waals surface area contributed by atoms with Gasteiger partial charge in [0.15, 0.2) is 11.5 Å². The van der Waals surface area contributed by atoms with E-state index in [0.717, 1.165) is 5.56 Å². The van der Waals surface area contributed by atoms with Crippen molar-refractivity contribution < 1.29 is 19.1 Å². The number of nitrogens with zero attached hydrogens (tertiary/aromatic N) is 1. The summed E-state index contributed by atoms with van der Waals surface area (Å²) in [7, 11) is 1.47. The van der Waals surface area contributed by atoms with Crippen LogP contribution in [0.25, 0.3) is 6.08 Å². The Morgan fingerprint density at radius 3 is 2.39 bits per heavy atom. The molecular weight excluding hydrogens is 487 g/mol. The van der Waals surface area contributed by atoms with Crippen LogP contribution in [0.4, 0.5) is 5.69 Å². The van der Waals surface area contributed by atoms with Crippen LogP contribution in [0.3, 0.4) is 0 Å². The van der Waals surface area contributed by atoms with Crippen molar-refractivity contribution in [2.24, 2.45) is 0 Å². The largest absolute Gasteiger partial charge is 0.493 e. The average molecular weight is 504 g/mol. The lowest BCUT2D eigenvalue weighted by Gasteiger charge is -2.14. The maximum Gasteiger partial charge on any atom is 0.282 e. The van der Waals surface area contributed by atoms with Gasteiger partial charge in [-0.2, -0.15) is 0 Å². The molecule has 0 unspecified atom stereocenters. The van der Waals surface area contributed by atoms with Gasteiger partial charge in [0, 0.05) is 0 Å². The highest BCUT2D eigenvalue weighted by Gasteiger charge is 2.34. The predicted octanol–water partition coefficient (Wildman–Crippen LogP) is 5.70. The fourth-order valence-corrected chi connectivity index (χ4v) is 3.83. The van der Waals surface area contributed by atoms with Crippen molar-refractivity contribution in [2.45, 2.75) is 6.61 Å². The number of nitrogens with one attached hydrogen (secondary N) is 1. The Hall–Kier alpha value is -3.19. The number of halogens is 3. The minimum Gasteiger partial charge on any atom is -0.493 e. The highest BCUT2D eigenvalue weighted by Crippen LogP contribution is 2.38. The molecule has 0 aromatic heterocycles. The summed E-state index contributed by atoms with van der Waals surface area (Å²) >= 11 is 18.4. The van der Waals surface area contributed by atoms with Gasteiger partial charge < -0.3 is 9.47 Å². The highest BCUT2D eigenvalue weighted by molar-refractivity contribution is 6.42. The molecule has 1 heterocycles. The van der Waals surface area contributed by atoms with Crippen molar-refractivity contribution in [3.05, 3.63) is 92.4 Å². The van der Waals surface area contributed by atoms with Crippen LogP contribution in [0, 0.1) is 0 Å². The van der Waals surface area contributed by atoms with Gasteiger partial charge >= 0.3 is 0 Å². The maximum atomic E-state index is 12.8. The minimum absolute atomic E-state index is 0.0264. The van der Waals surface area contributed by atoms with Crippen molar-refractivity contribution in [3.63, 3.8) is 0 Å². The van der Waals surface area contributed by atoms with Crippen LogP contribution in [0.5, 0.6) is 11.5 Å². The Kier molecular flexibility index (Phi) is 6.79. The Bertz CT molecular complexity index is 1260. The summed E-state index contributed by atoms with van der Waals surface area (Å²) in [6.45, 7) is 0.181. The zero-order valence-corrected chi connectivity index (χ0v) is 19.5. The molecule has 0 atom stereocenters. The van der Waals surface area contributed by atoms with E-state index < -0.39 is 11.8 Å². The molecule has 2 amide bonds. The second-order valence-corrected chi connectivity index (χ2v) is 8.27. The summed E-state index contributed by atoms with van der Waals surface area (Å²) in [6, 6.07) is 17.2. The standard InChI is InChI=1S/C24H17Cl3N2O4/c1-32-21-12-15(9-17-23(30)28-29(24(17)31)16-5-3-2-4-6-16)11-20(27)22(21)33-13-14-7-8-18(25)19(26)10-14/h2-12H,13H2,1H3,(H,28,30)/b17-9-. The number of hydrazine groups is 1. The number of ether oxygens (including phenoxy) is 2. The molecule has 0 bridgehead atoms. The van der Waals surface area contributed by atoms with E-state index in [2.05, 4.69) is 5.43 Å². The first-order chi connectivity index (χ1) is 15.9. The summed E-state index contributed by atoms with van der Waals surface area (Å²) < 4.78 is 11.3. The molecule has 1 aliphatic heterocycles. The Balaban J connectivity index is 1.58. The molecule has 1 saturated heterocycles. The molecule has 3 aromatic rings. The van der Waals surface area contributed by atoms with Crippen LogP contribution in [0.1, 0.15) is 11.1 Å². The van der Waals surface area contributed by atoms with Gasteiger partial charge in [0.2, 0.25) is 0 Å². The molecule has 1 N–H and O–H groups in total. The third kappa shape index (κ3) is 4.93. The van der Waals surface area contributed by atoms with Crippen molar-refractivity contribution in [3.8, 4) is 11.5 Å². The summed E-state index contributed by atoms with van der Waals surface area (Å²) in [5.74, 6) is -0.319. The van der Waals surface area contributed by atoms with E-state index in [9.17, 15) is 9.59 Å². The van der Waals surface area contributed by atoms with Crippen molar-refractivity contribution in [2.75, 3.05) is 12.1 Å². The summed E-state index contributed by atoms with van der Waals surface area (Å²) in [4.78, 5) is 25.2. The Morgan fingerprint density at radius 1 is 0.939 bits per heavy atom. The van der Waals surface area contributed by atoms with Gasteiger partial charge in [-0.15, -0.1) is 0 Å². The van der Waals surface area contributed by atoms with Crippen LogP contribution in [0.15, 0.2) is 66.2 Å². The molecule has 1 fully saturated rings. The highest BCUT2D eigenvalue weighted by atomic mass is 35.5. The smallest absolute Gasteiger partial charge is 0.282 e. The van der Waals surface area contributed by atoms with E-state index >= 15 is 0 Å². The molecule has 33 heavy (non-hydrogen) atoms. The molecule has 0 saturated carbocycles.